The van der Waals surface area contributed by atoms with Crippen LogP contribution in [0.5, 0.6) is 0 Å². The highest BCUT2D eigenvalue weighted by Gasteiger charge is 2.23. The van der Waals surface area contributed by atoms with E-state index < -0.39 is 21.5 Å². The third-order valence-corrected chi connectivity index (χ3v) is 3.61. The second-order valence-electron chi connectivity index (χ2n) is 3.74. The number of benzene rings is 1. The molecule has 1 aliphatic rings. The van der Waals surface area contributed by atoms with E-state index in [9.17, 15) is 13.2 Å². The first-order valence-corrected chi connectivity index (χ1v) is 6.65. The Morgan fingerprint density at radius 2 is 1.83 bits per heavy atom. The summed E-state index contributed by atoms with van der Waals surface area (Å²) in [5.74, 6) is -0.891. The summed E-state index contributed by atoms with van der Waals surface area (Å²) in [4.78, 5) is 11.1. The summed E-state index contributed by atoms with van der Waals surface area (Å²) < 4.78 is 22.2. The van der Waals surface area contributed by atoms with E-state index in [1.54, 1.807) is 6.08 Å². The van der Waals surface area contributed by atoms with Crippen LogP contribution in [0, 0.1) is 5.92 Å². The average Bonchev–Trinajstić information content (AvgIpc) is 2.39. The highest BCUT2D eigenvalue weighted by Crippen LogP contribution is 2.23. The molecule has 0 spiro atoms. The van der Waals surface area contributed by atoms with Crippen LogP contribution >= 0.6 is 11.6 Å². The van der Waals surface area contributed by atoms with Gasteiger partial charge >= 0.3 is 0 Å². The summed E-state index contributed by atoms with van der Waals surface area (Å²) >= 11 is 5.38. The minimum absolute atomic E-state index is 0.00338. The van der Waals surface area contributed by atoms with Crippen LogP contribution in [0.2, 0.25) is 0 Å². The summed E-state index contributed by atoms with van der Waals surface area (Å²) in [5.41, 5.74) is 1.63. The third-order valence-electron chi connectivity index (χ3n) is 2.62. The molecule has 1 aliphatic carbocycles. The second kappa shape index (κ2) is 5.33. The van der Waals surface area contributed by atoms with Crippen LogP contribution < -0.4 is 0 Å². The maximum absolute atomic E-state index is 11.1. The largest absolute Gasteiger partial charge is 0.280 e. The molecular formula is C13H9ClO3S. The molecule has 0 fully saturated rings. The molecule has 5 heteroatoms. The second-order valence-corrected chi connectivity index (χ2v) is 5.06. The first-order valence-electron chi connectivity index (χ1n) is 5.20. The zero-order chi connectivity index (χ0) is 13.1. The summed E-state index contributed by atoms with van der Waals surface area (Å²) in [6, 6.07) is 9.32. The lowest BCUT2D eigenvalue weighted by molar-refractivity contribution is -0.112. The standard InChI is InChI=1S/C13H9ClO3S/c14-13(15)11-7-6-10(8-12(11)18(16)17)9-4-2-1-3-5-9/h1-8,11H. The number of carbonyl (C=O) groups is 1. The highest BCUT2D eigenvalue weighted by molar-refractivity contribution is 7.73. The first-order chi connectivity index (χ1) is 8.59. The van der Waals surface area contributed by atoms with Crippen molar-refractivity contribution >= 4 is 37.6 Å². The van der Waals surface area contributed by atoms with Crippen molar-refractivity contribution in [2.24, 2.45) is 5.92 Å². The van der Waals surface area contributed by atoms with Crippen LogP contribution in [0.25, 0.3) is 5.57 Å². The maximum Gasteiger partial charge on any atom is 0.233 e. The van der Waals surface area contributed by atoms with Crippen LogP contribution in [0.1, 0.15) is 5.56 Å². The highest BCUT2D eigenvalue weighted by atomic mass is 35.5. The average molecular weight is 281 g/mol. The zero-order valence-electron chi connectivity index (χ0n) is 9.21. The van der Waals surface area contributed by atoms with Gasteiger partial charge in [-0.2, -0.15) is 8.42 Å². The molecule has 0 aliphatic heterocycles. The van der Waals surface area contributed by atoms with E-state index in [0.717, 1.165) is 11.1 Å². The van der Waals surface area contributed by atoms with Crippen molar-refractivity contribution < 1.29 is 13.2 Å². The molecule has 0 bridgehead atoms. The van der Waals surface area contributed by atoms with Crippen LogP contribution in [-0.2, 0) is 15.1 Å². The molecule has 92 valence electrons. The number of rotatable bonds is 2. The Morgan fingerprint density at radius 1 is 1.17 bits per heavy atom. The van der Waals surface area contributed by atoms with E-state index in [1.165, 1.54) is 12.2 Å². The predicted octanol–water partition coefficient (Wildman–Crippen LogP) is 2.07. The van der Waals surface area contributed by atoms with Crippen LogP contribution in [0.3, 0.4) is 0 Å². The van der Waals surface area contributed by atoms with Crippen molar-refractivity contribution in [2.75, 3.05) is 0 Å². The van der Waals surface area contributed by atoms with Gasteiger partial charge in [-0.15, -0.1) is 0 Å². The van der Waals surface area contributed by atoms with E-state index in [4.69, 9.17) is 11.6 Å². The number of halogens is 1. The first kappa shape index (κ1) is 12.8. The Kier molecular flexibility index (Phi) is 3.79. The van der Waals surface area contributed by atoms with Crippen LogP contribution in [0.15, 0.2) is 48.6 Å². The Hall–Kier alpha value is -1.65. The Morgan fingerprint density at radius 3 is 2.39 bits per heavy atom. The molecule has 1 aromatic rings. The monoisotopic (exact) mass is 280 g/mol. The van der Waals surface area contributed by atoms with Crippen molar-refractivity contribution in [3.63, 3.8) is 0 Å². The minimum atomic E-state index is -2.46. The predicted molar refractivity (Wildman–Crippen MR) is 71.8 cm³/mol. The topological polar surface area (TPSA) is 51.2 Å². The lowest BCUT2D eigenvalue weighted by atomic mass is 9.94. The number of hydrogen-bond acceptors (Lipinski definition) is 3. The Bertz CT molecular complexity index is 661. The Labute approximate surface area is 111 Å². The lowest BCUT2D eigenvalue weighted by Crippen LogP contribution is -2.20. The fourth-order valence-electron chi connectivity index (χ4n) is 1.74. The molecule has 3 nitrogen and oxygen atoms in total. The third kappa shape index (κ3) is 2.60. The van der Waals surface area contributed by atoms with E-state index in [-0.39, 0.29) is 4.86 Å². The number of hydrogen-bond donors (Lipinski definition) is 0. The maximum atomic E-state index is 11.1. The molecule has 2 rings (SSSR count). The molecule has 1 unspecified atom stereocenters. The number of carbonyl (C=O) groups excluding carboxylic acids is 1. The van der Waals surface area contributed by atoms with Gasteiger partial charge in [0.25, 0.3) is 0 Å². The van der Waals surface area contributed by atoms with Crippen LogP contribution in [-0.4, -0.2) is 18.5 Å². The normalized spacial score (nSPS) is 18.4. The zero-order valence-corrected chi connectivity index (χ0v) is 10.8. The SMILES string of the molecule is O=C(Cl)C1C=CC(c2ccccc2)=CC1=S(=O)=O. The molecule has 18 heavy (non-hydrogen) atoms. The van der Waals surface area contributed by atoms with E-state index >= 15 is 0 Å². The molecule has 0 saturated heterocycles. The molecule has 1 atom stereocenters. The summed E-state index contributed by atoms with van der Waals surface area (Å²) in [5, 5.41) is -0.700. The van der Waals surface area contributed by atoms with Gasteiger partial charge in [-0.05, 0) is 28.8 Å². The smallest absolute Gasteiger partial charge is 0.233 e. The summed E-state index contributed by atoms with van der Waals surface area (Å²) in [6.45, 7) is 0. The molecule has 1 aromatic carbocycles. The lowest BCUT2D eigenvalue weighted by Gasteiger charge is -2.13. The van der Waals surface area contributed by atoms with E-state index in [1.807, 2.05) is 30.3 Å². The van der Waals surface area contributed by atoms with Gasteiger partial charge < -0.3 is 0 Å². The summed E-state index contributed by atoms with van der Waals surface area (Å²) in [7, 11) is -2.46. The molecule has 0 N–H and O–H groups in total. The Balaban J connectivity index is 2.51. The molecule has 0 heterocycles. The van der Waals surface area contributed by atoms with Gasteiger partial charge in [-0.3, -0.25) is 4.79 Å². The minimum Gasteiger partial charge on any atom is -0.280 e. The molecular weight excluding hydrogens is 272 g/mol. The van der Waals surface area contributed by atoms with Gasteiger partial charge in [0.05, 0.1) is 10.8 Å². The van der Waals surface area contributed by atoms with Crippen molar-refractivity contribution in [1.82, 2.24) is 0 Å². The van der Waals surface area contributed by atoms with Gasteiger partial charge in [0, 0.05) is 0 Å². The quantitative estimate of drug-likeness (QED) is 0.616. The fraction of sp³-hybridized carbons (Fsp3) is 0.0769. The van der Waals surface area contributed by atoms with Gasteiger partial charge in [-0.25, -0.2) is 0 Å². The van der Waals surface area contributed by atoms with Gasteiger partial charge in [0.2, 0.25) is 15.5 Å². The molecule has 0 aromatic heterocycles. The molecule has 0 radical (unpaired) electrons. The number of allylic oxidation sites excluding steroid dienone is 4. The van der Waals surface area contributed by atoms with Gasteiger partial charge in [-0.1, -0.05) is 42.5 Å². The fourth-order valence-corrected chi connectivity index (χ4v) is 2.61. The van der Waals surface area contributed by atoms with Crippen molar-refractivity contribution in [1.29, 1.82) is 0 Å². The van der Waals surface area contributed by atoms with Crippen LogP contribution in [0.4, 0.5) is 0 Å². The van der Waals surface area contributed by atoms with Gasteiger partial charge in [0.15, 0.2) is 0 Å². The van der Waals surface area contributed by atoms with E-state index in [0.29, 0.717) is 0 Å². The van der Waals surface area contributed by atoms with Gasteiger partial charge in [0.1, 0.15) is 0 Å². The van der Waals surface area contributed by atoms with E-state index in [2.05, 4.69) is 0 Å². The summed E-state index contributed by atoms with van der Waals surface area (Å²) in [6.07, 6.45) is 4.68. The van der Waals surface area contributed by atoms with Crippen molar-refractivity contribution in [2.45, 2.75) is 0 Å². The molecule has 0 saturated carbocycles. The van der Waals surface area contributed by atoms with Crippen molar-refractivity contribution in [3.05, 3.63) is 54.1 Å². The molecule has 0 amide bonds. The van der Waals surface area contributed by atoms with Crippen molar-refractivity contribution in [3.8, 4) is 0 Å².